The molecule has 0 bridgehead atoms. The van der Waals surface area contributed by atoms with Gasteiger partial charge in [-0.2, -0.15) is 0 Å². The highest BCUT2D eigenvalue weighted by Crippen LogP contribution is 2.33. The van der Waals surface area contributed by atoms with Gasteiger partial charge >= 0.3 is 0 Å². The van der Waals surface area contributed by atoms with E-state index < -0.39 is 0 Å². The highest BCUT2D eigenvalue weighted by molar-refractivity contribution is 6.33. The molecule has 1 aromatic carbocycles. The minimum atomic E-state index is 0.605. The molecular weight excluding hydrogens is 262 g/mol. The average molecular weight is 274 g/mol. The van der Waals surface area contributed by atoms with Crippen LogP contribution in [0.15, 0.2) is 36.7 Å². The molecule has 0 radical (unpaired) electrons. The number of aromatic nitrogens is 3. The fraction of sp³-hybridized carbons (Fsp3) is 0.143. The Hall–Kier alpha value is -2.07. The molecular formula is C14H12ClN3O. The van der Waals surface area contributed by atoms with Gasteiger partial charge in [0.25, 0.3) is 0 Å². The Morgan fingerprint density at radius 1 is 1.21 bits per heavy atom. The van der Waals surface area contributed by atoms with Crippen molar-refractivity contribution >= 4 is 17.2 Å². The van der Waals surface area contributed by atoms with Gasteiger partial charge in [-0.15, -0.1) is 10.2 Å². The summed E-state index contributed by atoms with van der Waals surface area (Å²) in [5.41, 5.74) is 3.74. The van der Waals surface area contributed by atoms with Gasteiger partial charge < -0.3 is 4.74 Å². The van der Waals surface area contributed by atoms with E-state index in [1.165, 1.54) is 5.56 Å². The lowest BCUT2D eigenvalue weighted by Gasteiger charge is -2.10. The minimum Gasteiger partial charge on any atom is -0.493 e. The van der Waals surface area contributed by atoms with Crippen LogP contribution in [-0.2, 0) is 0 Å². The number of nitrogens with zero attached hydrogens (tertiary/aromatic N) is 3. The molecule has 0 aliphatic carbocycles. The number of methoxy groups -OCH3 is 1. The van der Waals surface area contributed by atoms with Crippen LogP contribution in [0.2, 0.25) is 5.02 Å². The molecule has 0 amide bonds. The quantitative estimate of drug-likeness (QED) is 0.719. The summed E-state index contributed by atoms with van der Waals surface area (Å²) in [4.78, 5) is 0. The Balaban J connectivity index is 2.32. The van der Waals surface area contributed by atoms with E-state index in [0.717, 1.165) is 11.3 Å². The van der Waals surface area contributed by atoms with Gasteiger partial charge in [-0.05, 0) is 6.92 Å². The molecule has 0 aliphatic heterocycles. The Morgan fingerprint density at radius 2 is 1.95 bits per heavy atom. The highest BCUT2D eigenvalue weighted by Gasteiger charge is 2.14. The van der Waals surface area contributed by atoms with E-state index >= 15 is 0 Å². The van der Waals surface area contributed by atoms with Crippen molar-refractivity contribution in [1.29, 1.82) is 0 Å². The number of benzene rings is 1. The largest absolute Gasteiger partial charge is 0.493 e. The van der Waals surface area contributed by atoms with Crippen molar-refractivity contribution in [2.24, 2.45) is 0 Å². The molecule has 0 unspecified atom stereocenters. The normalized spacial score (nSPS) is 10.9. The fourth-order valence-corrected chi connectivity index (χ4v) is 2.37. The Labute approximate surface area is 115 Å². The molecule has 0 N–H and O–H groups in total. The molecule has 0 aliphatic rings. The Morgan fingerprint density at radius 3 is 2.63 bits per heavy atom. The minimum absolute atomic E-state index is 0.605. The average Bonchev–Trinajstić information content (AvgIpc) is 2.88. The summed E-state index contributed by atoms with van der Waals surface area (Å²) >= 11 is 6.36. The number of aryl methyl sites for hydroxylation is 1. The summed E-state index contributed by atoms with van der Waals surface area (Å²) in [5, 5.41) is 8.60. The van der Waals surface area contributed by atoms with Crippen molar-refractivity contribution in [3.8, 4) is 17.0 Å². The first kappa shape index (κ1) is 12.0. The predicted octanol–water partition coefficient (Wildman–Crippen LogP) is 3.37. The Kier molecular flexibility index (Phi) is 2.87. The highest BCUT2D eigenvalue weighted by atomic mass is 35.5. The first-order chi connectivity index (χ1) is 9.20. The zero-order chi connectivity index (χ0) is 13.4. The number of fused-ring (bicyclic) bond motifs is 1. The molecule has 96 valence electrons. The SMILES string of the molecule is COc1cc(Cl)c(-c2ccc(C)cc2)n2cnnc12. The molecule has 2 aromatic heterocycles. The monoisotopic (exact) mass is 273 g/mol. The summed E-state index contributed by atoms with van der Waals surface area (Å²) in [7, 11) is 1.59. The van der Waals surface area contributed by atoms with Crippen molar-refractivity contribution in [2.75, 3.05) is 7.11 Å². The first-order valence-corrected chi connectivity index (χ1v) is 6.22. The molecule has 3 aromatic rings. The van der Waals surface area contributed by atoms with E-state index in [1.54, 1.807) is 19.5 Å². The maximum Gasteiger partial charge on any atom is 0.203 e. The zero-order valence-electron chi connectivity index (χ0n) is 10.6. The third kappa shape index (κ3) is 1.94. The number of hydrogen-bond donors (Lipinski definition) is 0. The number of rotatable bonds is 2. The van der Waals surface area contributed by atoms with E-state index in [2.05, 4.69) is 10.2 Å². The lowest BCUT2D eigenvalue weighted by atomic mass is 10.1. The molecule has 2 heterocycles. The summed E-state index contributed by atoms with van der Waals surface area (Å²) in [6.07, 6.45) is 1.64. The smallest absolute Gasteiger partial charge is 0.203 e. The van der Waals surface area contributed by atoms with Gasteiger partial charge in [0.1, 0.15) is 6.33 Å². The predicted molar refractivity (Wildman–Crippen MR) is 74.7 cm³/mol. The second-order valence-electron chi connectivity index (χ2n) is 4.30. The second kappa shape index (κ2) is 4.55. The van der Waals surface area contributed by atoms with Crippen molar-refractivity contribution < 1.29 is 4.74 Å². The lowest BCUT2D eigenvalue weighted by molar-refractivity contribution is 0.417. The van der Waals surface area contributed by atoms with Gasteiger partial charge in [0.2, 0.25) is 5.65 Å². The molecule has 0 saturated carbocycles. The van der Waals surface area contributed by atoms with Crippen LogP contribution in [0.1, 0.15) is 5.56 Å². The van der Waals surface area contributed by atoms with Crippen molar-refractivity contribution in [1.82, 2.24) is 14.6 Å². The van der Waals surface area contributed by atoms with Crippen LogP contribution in [0, 0.1) is 6.92 Å². The van der Waals surface area contributed by atoms with Crippen LogP contribution in [-0.4, -0.2) is 21.7 Å². The van der Waals surface area contributed by atoms with Crippen LogP contribution in [0.3, 0.4) is 0 Å². The van der Waals surface area contributed by atoms with E-state index in [4.69, 9.17) is 16.3 Å². The molecule has 3 rings (SSSR count). The zero-order valence-corrected chi connectivity index (χ0v) is 11.3. The number of pyridine rings is 1. The van der Waals surface area contributed by atoms with Gasteiger partial charge in [0.05, 0.1) is 17.8 Å². The molecule has 0 spiro atoms. The standard InChI is InChI=1S/C14H12ClN3O/c1-9-3-5-10(6-4-9)13-11(15)7-12(19-2)14-17-16-8-18(13)14/h3-8H,1-2H3. The molecule has 0 fully saturated rings. The van der Waals surface area contributed by atoms with Crippen LogP contribution < -0.4 is 4.74 Å². The van der Waals surface area contributed by atoms with E-state index in [0.29, 0.717) is 16.4 Å². The molecule has 5 heteroatoms. The maximum absolute atomic E-state index is 6.36. The summed E-state index contributed by atoms with van der Waals surface area (Å²) in [6, 6.07) is 9.92. The molecule has 4 nitrogen and oxygen atoms in total. The fourth-order valence-electron chi connectivity index (χ4n) is 2.07. The van der Waals surface area contributed by atoms with Crippen molar-refractivity contribution in [3.05, 3.63) is 47.2 Å². The number of ether oxygens (including phenoxy) is 1. The third-order valence-electron chi connectivity index (χ3n) is 3.04. The van der Waals surface area contributed by atoms with E-state index in [9.17, 15) is 0 Å². The van der Waals surface area contributed by atoms with Crippen LogP contribution in [0.4, 0.5) is 0 Å². The van der Waals surface area contributed by atoms with Crippen molar-refractivity contribution in [3.63, 3.8) is 0 Å². The third-order valence-corrected chi connectivity index (χ3v) is 3.33. The topological polar surface area (TPSA) is 39.4 Å². The van der Waals surface area contributed by atoms with E-state index in [1.807, 2.05) is 35.6 Å². The lowest BCUT2D eigenvalue weighted by Crippen LogP contribution is -1.96. The van der Waals surface area contributed by atoms with Crippen molar-refractivity contribution in [2.45, 2.75) is 6.92 Å². The first-order valence-electron chi connectivity index (χ1n) is 5.84. The van der Waals surface area contributed by atoms with Gasteiger partial charge in [-0.25, -0.2) is 0 Å². The molecule has 0 saturated heterocycles. The van der Waals surface area contributed by atoms with Crippen LogP contribution >= 0.6 is 11.6 Å². The van der Waals surface area contributed by atoms with E-state index in [-0.39, 0.29) is 0 Å². The van der Waals surface area contributed by atoms with Crippen LogP contribution in [0.5, 0.6) is 5.75 Å². The maximum atomic E-state index is 6.36. The van der Waals surface area contributed by atoms with Gasteiger partial charge in [0.15, 0.2) is 5.75 Å². The summed E-state index contributed by atoms with van der Waals surface area (Å²) in [6.45, 7) is 2.05. The van der Waals surface area contributed by atoms with Gasteiger partial charge in [0, 0.05) is 11.6 Å². The molecule has 19 heavy (non-hydrogen) atoms. The Bertz CT molecular complexity index is 734. The number of halogens is 1. The molecule has 0 atom stereocenters. The summed E-state index contributed by atoms with van der Waals surface area (Å²) < 4.78 is 7.11. The second-order valence-corrected chi connectivity index (χ2v) is 4.71. The number of hydrogen-bond acceptors (Lipinski definition) is 3. The summed E-state index contributed by atoms with van der Waals surface area (Å²) in [5.74, 6) is 0.610. The van der Waals surface area contributed by atoms with Gasteiger partial charge in [-0.3, -0.25) is 4.40 Å². The van der Waals surface area contributed by atoms with Gasteiger partial charge in [-0.1, -0.05) is 41.4 Å². The van der Waals surface area contributed by atoms with Crippen LogP contribution in [0.25, 0.3) is 16.9 Å².